The number of likely N-dealkylation sites (N-methyl/N-ethyl adjacent to an activating group) is 1. The number of carbonyl (C=O) groups is 2. The van der Waals surface area contributed by atoms with E-state index in [9.17, 15) is 19.8 Å². The zero-order valence-corrected chi connectivity index (χ0v) is 12.5. The second-order valence-corrected chi connectivity index (χ2v) is 5.47. The monoisotopic (exact) mass is 306 g/mol. The molecule has 1 aliphatic heterocycles. The molecule has 0 aliphatic carbocycles. The van der Waals surface area contributed by atoms with Crippen LogP contribution in [0.15, 0.2) is 24.3 Å². The summed E-state index contributed by atoms with van der Waals surface area (Å²) in [5, 5.41) is 23.1. The molecule has 1 atom stereocenters. The summed E-state index contributed by atoms with van der Waals surface area (Å²) in [6, 6.07) is 5.08. The number of anilines is 1. The van der Waals surface area contributed by atoms with Gasteiger partial charge in [0, 0.05) is 38.3 Å². The van der Waals surface area contributed by atoms with Gasteiger partial charge < -0.3 is 25.2 Å². The van der Waals surface area contributed by atoms with Crippen LogP contribution in [0.25, 0.3) is 0 Å². The van der Waals surface area contributed by atoms with E-state index < -0.39 is 12.0 Å². The molecule has 0 spiro atoms. The van der Waals surface area contributed by atoms with Crippen LogP contribution in [0.5, 0.6) is 5.75 Å². The first-order valence-corrected chi connectivity index (χ1v) is 7.18. The number of amides is 1. The van der Waals surface area contributed by atoms with Crippen molar-refractivity contribution in [3.63, 3.8) is 0 Å². The average Bonchev–Trinajstić information content (AvgIpc) is 2.48. The molecule has 1 aromatic rings. The lowest BCUT2D eigenvalue weighted by molar-refractivity contribution is -0.312. The Hall–Kier alpha value is -2.12. The topological polar surface area (TPSA) is 95.9 Å². The SMILES string of the molecule is CN1CCN(C(CC(=O)Nc2ccc(O)cc2)C(=O)[O-])CC1. The highest BCUT2D eigenvalue weighted by Gasteiger charge is 2.25. The summed E-state index contributed by atoms with van der Waals surface area (Å²) in [6.45, 7) is 2.73. The molecule has 1 heterocycles. The Morgan fingerprint density at radius 3 is 2.36 bits per heavy atom. The van der Waals surface area contributed by atoms with Crippen molar-refractivity contribution in [1.29, 1.82) is 0 Å². The van der Waals surface area contributed by atoms with Crippen molar-refractivity contribution in [2.24, 2.45) is 0 Å². The van der Waals surface area contributed by atoms with E-state index in [1.807, 2.05) is 7.05 Å². The second-order valence-electron chi connectivity index (χ2n) is 5.47. The van der Waals surface area contributed by atoms with Crippen LogP contribution in [0.3, 0.4) is 0 Å². The number of benzene rings is 1. The molecule has 2 rings (SSSR count). The van der Waals surface area contributed by atoms with E-state index >= 15 is 0 Å². The number of phenolic OH excluding ortho intramolecular Hbond substituents is 1. The van der Waals surface area contributed by atoms with Crippen molar-refractivity contribution in [3.8, 4) is 5.75 Å². The van der Waals surface area contributed by atoms with Gasteiger partial charge in [0.05, 0.1) is 12.0 Å². The second kappa shape index (κ2) is 7.24. The molecule has 1 fully saturated rings. The average molecular weight is 306 g/mol. The third kappa shape index (κ3) is 4.44. The Morgan fingerprint density at radius 2 is 1.82 bits per heavy atom. The molecule has 1 aromatic carbocycles. The predicted octanol–water partition coefficient (Wildman–Crippen LogP) is -0.913. The first kappa shape index (κ1) is 16.3. The van der Waals surface area contributed by atoms with Gasteiger partial charge in [-0.15, -0.1) is 0 Å². The van der Waals surface area contributed by atoms with Gasteiger partial charge in [-0.05, 0) is 31.3 Å². The highest BCUT2D eigenvalue weighted by atomic mass is 16.4. The molecule has 1 saturated heterocycles. The molecule has 7 nitrogen and oxygen atoms in total. The number of hydrogen-bond donors (Lipinski definition) is 2. The summed E-state index contributed by atoms with van der Waals surface area (Å²) in [7, 11) is 1.98. The molecule has 0 aromatic heterocycles. The lowest BCUT2D eigenvalue weighted by Gasteiger charge is -2.38. The molecule has 7 heteroatoms. The van der Waals surface area contributed by atoms with Gasteiger partial charge in [-0.2, -0.15) is 0 Å². The smallest absolute Gasteiger partial charge is 0.226 e. The lowest BCUT2D eigenvalue weighted by Crippen LogP contribution is -2.55. The number of carbonyl (C=O) groups excluding carboxylic acids is 2. The zero-order chi connectivity index (χ0) is 16.1. The largest absolute Gasteiger partial charge is 0.548 e. The fourth-order valence-electron chi connectivity index (χ4n) is 2.43. The van der Waals surface area contributed by atoms with Crippen LogP contribution < -0.4 is 10.4 Å². The Morgan fingerprint density at radius 1 is 1.23 bits per heavy atom. The molecule has 1 unspecified atom stereocenters. The number of nitrogens with zero attached hydrogens (tertiary/aromatic N) is 2. The standard InChI is InChI=1S/C15H21N3O4/c1-17-6-8-18(9-7-17)13(15(21)22)10-14(20)16-11-2-4-12(19)5-3-11/h2-5,13,19H,6-10H2,1H3,(H,16,20)(H,21,22)/p-1. The van der Waals surface area contributed by atoms with Gasteiger partial charge in [0.25, 0.3) is 0 Å². The third-order valence-corrected chi connectivity index (χ3v) is 3.78. The molecule has 1 aliphatic rings. The van der Waals surface area contributed by atoms with Crippen molar-refractivity contribution in [1.82, 2.24) is 9.80 Å². The highest BCUT2D eigenvalue weighted by molar-refractivity contribution is 5.93. The fraction of sp³-hybridized carbons (Fsp3) is 0.467. The molecule has 120 valence electrons. The number of phenols is 1. The number of aliphatic carboxylic acids is 1. The van der Waals surface area contributed by atoms with E-state index in [0.29, 0.717) is 18.8 Å². The molecule has 0 bridgehead atoms. The van der Waals surface area contributed by atoms with Gasteiger partial charge in [-0.3, -0.25) is 9.69 Å². The number of nitrogens with one attached hydrogen (secondary N) is 1. The maximum absolute atomic E-state index is 12.0. The first-order valence-electron chi connectivity index (χ1n) is 7.18. The van der Waals surface area contributed by atoms with Crippen LogP contribution in [-0.2, 0) is 9.59 Å². The van der Waals surface area contributed by atoms with Crippen molar-refractivity contribution in [2.45, 2.75) is 12.5 Å². The first-order chi connectivity index (χ1) is 10.5. The highest BCUT2D eigenvalue weighted by Crippen LogP contribution is 2.15. The Kier molecular flexibility index (Phi) is 5.35. The van der Waals surface area contributed by atoms with Crippen LogP contribution in [0, 0.1) is 0 Å². The number of carboxylic acid groups (broad SMARTS) is 1. The van der Waals surface area contributed by atoms with Gasteiger partial charge in [0.2, 0.25) is 5.91 Å². The van der Waals surface area contributed by atoms with Gasteiger partial charge >= 0.3 is 0 Å². The Balaban J connectivity index is 1.94. The summed E-state index contributed by atoms with van der Waals surface area (Å²) in [5.41, 5.74) is 0.512. The molecule has 22 heavy (non-hydrogen) atoms. The van der Waals surface area contributed by atoms with Crippen molar-refractivity contribution in [2.75, 3.05) is 38.5 Å². The zero-order valence-electron chi connectivity index (χ0n) is 12.5. The number of hydrogen-bond acceptors (Lipinski definition) is 6. The van der Waals surface area contributed by atoms with Gasteiger partial charge in [-0.1, -0.05) is 0 Å². The van der Waals surface area contributed by atoms with Crippen molar-refractivity contribution < 1.29 is 19.8 Å². The van der Waals surface area contributed by atoms with Gasteiger partial charge in [0.1, 0.15) is 5.75 Å². The van der Waals surface area contributed by atoms with Crippen LogP contribution >= 0.6 is 0 Å². The molecular weight excluding hydrogens is 286 g/mol. The number of rotatable bonds is 5. The van der Waals surface area contributed by atoms with Crippen LogP contribution in [-0.4, -0.2) is 66.1 Å². The molecule has 1 amide bonds. The van der Waals surface area contributed by atoms with Crippen LogP contribution in [0.2, 0.25) is 0 Å². The maximum atomic E-state index is 12.0. The minimum atomic E-state index is -1.23. The van der Waals surface area contributed by atoms with Crippen LogP contribution in [0.1, 0.15) is 6.42 Å². The van der Waals surface area contributed by atoms with Crippen molar-refractivity contribution >= 4 is 17.6 Å². The quantitative estimate of drug-likeness (QED) is 0.684. The predicted molar refractivity (Wildman–Crippen MR) is 79.2 cm³/mol. The van der Waals surface area contributed by atoms with E-state index in [0.717, 1.165) is 13.1 Å². The molecule has 2 N–H and O–H groups in total. The fourth-order valence-corrected chi connectivity index (χ4v) is 2.43. The van der Waals surface area contributed by atoms with E-state index in [1.165, 1.54) is 12.1 Å². The van der Waals surface area contributed by atoms with Gasteiger partial charge in [-0.25, -0.2) is 0 Å². The molecular formula is C15H20N3O4-. The normalized spacial score (nSPS) is 17.9. The van der Waals surface area contributed by atoms with E-state index in [4.69, 9.17) is 0 Å². The number of aromatic hydroxyl groups is 1. The molecule has 0 saturated carbocycles. The summed E-state index contributed by atoms with van der Waals surface area (Å²) >= 11 is 0. The summed E-state index contributed by atoms with van der Waals surface area (Å²) in [6.07, 6.45) is -0.160. The van der Waals surface area contributed by atoms with Crippen molar-refractivity contribution in [3.05, 3.63) is 24.3 Å². The summed E-state index contributed by atoms with van der Waals surface area (Å²) in [4.78, 5) is 27.2. The third-order valence-electron chi connectivity index (χ3n) is 3.78. The minimum absolute atomic E-state index is 0.100. The number of piperazine rings is 1. The van der Waals surface area contributed by atoms with E-state index in [1.54, 1.807) is 17.0 Å². The number of carboxylic acids is 1. The minimum Gasteiger partial charge on any atom is -0.548 e. The lowest BCUT2D eigenvalue weighted by atomic mass is 10.1. The van der Waals surface area contributed by atoms with E-state index in [-0.39, 0.29) is 18.1 Å². The summed E-state index contributed by atoms with van der Waals surface area (Å²) in [5.74, 6) is -1.52. The van der Waals surface area contributed by atoms with E-state index in [2.05, 4.69) is 10.2 Å². The summed E-state index contributed by atoms with van der Waals surface area (Å²) < 4.78 is 0. The van der Waals surface area contributed by atoms with Gasteiger partial charge in [0.15, 0.2) is 0 Å². The Bertz CT molecular complexity index is 524. The molecule has 0 radical (unpaired) electrons. The maximum Gasteiger partial charge on any atom is 0.226 e. The Labute approximate surface area is 129 Å². The van der Waals surface area contributed by atoms with Crippen LogP contribution in [0.4, 0.5) is 5.69 Å².